The van der Waals surface area contributed by atoms with Crippen molar-refractivity contribution in [1.82, 2.24) is 5.32 Å². The van der Waals surface area contributed by atoms with Crippen molar-refractivity contribution in [3.63, 3.8) is 0 Å². The van der Waals surface area contributed by atoms with Crippen molar-refractivity contribution in [2.24, 2.45) is 5.92 Å². The van der Waals surface area contributed by atoms with Crippen LogP contribution < -0.4 is 10.6 Å². The van der Waals surface area contributed by atoms with Gasteiger partial charge in [-0.05, 0) is 18.4 Å². The van der Waals surface area contributed by atoms with Crippen LogP contribution in [0.3, 0.4) is 0 Å². The second-order valence-corrected chi connectivity index (χ2v) is 4.68. The van der Waals surface area contributed by atoms with Crippen LogP contribution >= 0.6 is 0 Å². The number of non-ortho nitro benzene ring substituents is 1. The van der Waals surface area contributed by atoms with Crippen molar-refractivity contribution < 1.29 is 9.72 Å². The van der Waals surface area contributed by atoms with Gasteiger partial charge in [0.25, 0.3) is 11.6 Å². The number of benzene rings is 1. The standard InChI is InChI=1S/C13H19N3O3/c1-9(2)6-7-15-13(17)11-8-10(16(18)19)4-5-12(11)14-3/h4-5,8-9,14H,6-7H2,1-3H3,(H,15,17). The minimum absolute atomic E-state index is 0.0898. The molecule has 6 heteroatoms. The number of anilines is 1. The van der Waals surface area contributed by atoms with Gasteiger partial charge in [-0.15, -0.1) is 0 Å². The molecule has 0 unspecified atom stereocenters. The predicted molar refractivity (Wildman–Crippen MR) is 74.4 cm³/mol. The van der Waals surface area contributed by atoms with E-state index < -0.39 is 4.92 Å². The number of amides is 1. The number of nitro groups is 1. The Morgan fingerprint density at radius 2 is 2.11 bits per heavy atom. The zero-order chi connectivity index (χ0) is 14.4. The lowest BCUT2D eigenvalue weighted by Gasteiger charge is -2.10. The van der Waals surface area contributed by atoms with Crippen LogP contribution in [-0.2, 0) is 0 Å². The largest absolute Gasteiger partial charge is 0.387 e. The number of nitrogens with zero attached hydrogens (tertiary/aromatic N) is 1. The van der Waals surface area contributed by atoms with Crippen molar-refractivity contribution in [1.29, 1.82) is 0 Å². The van der Waals surface area contributed by atoms with Gasteiger partial charge >= 0.3 is 0 Å². The summed E-state index contributed by atoms with van der Waals surface area (Å²) in [6.07, 6.45) is 0.871. The normalized spacial score (nSPS) is 10.3. The molecule has 0 bridgehead atoms. The van der Waals surface area contributed by atoms with Crippen molar-refractivity contribution in [3.05, 3.63) is 33.9 Å². The lowest BCUT2D eigenvalue weighted by molar-refractivity contribution is -0.384. The van der Waals surface area contributed by atoms with Crippen LogP contribution in [0.4, 0.5) is 11.4 Å². The van der Waals surface area contributed by atoms with Gasteiger partial charge in [0.05, 0.1) is 10.5 Å². The summed E-state index contributed by atoms with van der Waals surface area (Å²) in [4.78, 5) is 22.2. The van der Waals surface area contributed by atoms with Crippen LogP contribution in [-0.4, -0.2) is 24.4 Å². The Labute approximate surface area is 112 Å². The van der Waals surface area contributed by atoms with Crippen LogP contribution in [0.2, 0.25) is 0 Å². The van der Waals surface area contributed by atoms with E-state index in [2.05, 4.69) is 24.5 Å². The summed E-state index contributed by atoms with van der Waals surface area (Å²) in [5.74, 6) is 0.197. The first-order valence-corrected chi connectivity index (χ1v) is 6.20. The number of nitro benzene ring substituents is 1. The summed E-state index contributed by atoms with van der Waals surface area (Å²) in [5, 5.41) is 16.4. The highest BCUT2D eigenvalue weighted by Crippen LogP contribution is 2.21. The van der Waals surface area contributed by atoms with Gasteiger partial charge in [-0.25, -0.2) is 0 Å². The molecule has 0 fully saturated rings. The fraction of sp³-hybridized carbons (Fsp3) is 0.462. The molecule has 0 radical (unpaired) electrons. The third-order valence-corrected chi connectivity index (χ3v) is 2.74. The lowest BCUT2D eigenvalue weighted by atomic mass is 10.1. The molecule has 0 aliphatic heterocycles. The van der Waals surface area contributed by atoms with Crippen LogP contribution in [0.15, 0.2) is 18.2 Å². The first kappa shape index (κ1) is 14.9. The zero-order valence-electron chi connectivity index (χ0n) is 11.4. The Bertz CT molecular complexity index is 472. The molecular weight excluding hydrogens is 246 g/mol. The topological polar surface area (TPSA) is 84.3 Å². The number of hydrogen-bond donors (Lipinski definition) is 2. The van der Waals surface area contributed by atoms with E-state index >= 15 is 0 Å². The van der Waals surface area contributed by atoms with E-state index in [1.165, 1.54) is 18.2 Å². The maximum atomic E-state index is 12.0. The molecule has 0 atom stereocenters. The molecule has 0 aromatic heterocycles. The molecule has 6 nitrogen and oxygen atoms in total. The minimum atomic E-state index is -0.510. The highest BCUT2D eigenvalue weighted by Gasteiger charge is 2.15. The molecule has 2 N–H and O–H groups in total. The summed E-state index contributed by atoms with van der Waals surface area (Å²) in [6.45, 7) is 4.69. The minimum Gasteiger partial charge on any atom is -0.387 e. The number of carbonyl (C=O) groups is 1. The summed E-state index contributed by atoms with van der Waals surface area (Å²) in [6, 6.07) is 4.20. The number of nitrogens with one attached hydrogen (secondary N) is 2. The highest BCUT2D eigenvalue weighted by molar-refractivity contribution is 6.00. The fourth-order valence-electron chi connectivity index (χ4n) is 1.62. The van der Waals surface area contributed by atoms with Crippen LogP contribution in [0.25, 0.3) is 0 Å². The van der Waals surface area contributed by atoms with E-state index in [9.17, 15) is 14.9 Å². The van der Waals surface area contributed by atoms with Gasteiger partial charge < -0.3 is 10.6 Å². The molecule has 0 heterocycles. The Hall–Kier alpha value is -2.11. The Kier molecular flexibility index (Phi) is 5.29. The van der Waals surface area contributed by atoms with Crippen LogP contribution in [0, 0.1) is 16.0 Å². The molecule has 1 aromatic rings. The second kappa shape index (κ2) is 6.72. The molecule has 19 heavy (non-hydrogen) atoms. The monoisotopic (exact) mass is 265 g/mol. The smallest absolute Gasteiger partial charge is 0.270 e. The molecule has 0 spiro atoms. The molecule has 0 aliphatic rings. The molecule has 1 rings (SSSR count). The zero-order valence-corrected chi connectivity index (χ0v) is 11.4. The summed E-state index contributed by atoms with van der Waals surface area (Å²) >= 11 is 0. The molecule has 1 amide bonds. The first-order valence-electron chi connectivity index (χ1n) is 6.20. The van der Waals surface area contributed by atoms with Crippen molar-refractivity contribution in [2.75, 3.05) is 18.9 Å². The van der Waals surface area contributed by atoms with E-state index in [0.29, 0.717) is 23.7 Å². The highest BCUT2D eigenvalue weighted by atomic mass is 16.6. The van der Waals surface area contributed by atoms with E-state index in [1.54, 1.807) is 7.05 Å². The summed E-state index contributed by atoms with van der Waals surface area (Å²) in [5.41, 5.74) is 0.779. The van der Waals surface area contributed by atoms with Crippen LogP contribution in [0.5, 0.6) is 0 Å². The molecule has 104 valence electrons. The SMILES string of the molecule is CNc1ccc([N+](=O)[O-])cc1C(=O)NCCC(C)C. The third-order valence-electron chi connectivity index (χ3n) is 2.74. The van der Waals surface area contributed by atoms with E-state index in [4.69, 9.17) is 0 Å². The van der Waals surface area contributed by atoms with Gasteiger partial charge in [0.15, 0.2) is 0 Å². The molecular formula is C13H19N3O3. The Morgan fingerprint density at radius 1 is 1.42 bits per heavy atom. The third kappa shape index (κ3) is 4.24. The number of rotatable bonds is 6. The lowest BCUT2D eigenvalue weighted by Crippen LogP contribution is -2.26. The van der Waals surface area contributed by atoms with E-state index in [-0.39, 0.29) is 11.6 Å². The Balaban J connectivity index is 2.87. The maximum Gasteiger partial charge on any atom is 0.270 e. The van der Waals surface area contributed by atoms with Gasteiger partial charge in [-0.2, -0.15) is 0 Å². The van der Waals surface area contributed by atoms with Gasteiger partial charge in [0.1, 0.15) is 0 Å². The van der Waals surface area contributed by atoms with Gasteiger partial charge in [-0.3, -0.25) is 14.9 Å². The van der Waals surface area contributed by atoms with Gasteiger partial charge in [0.2, 0.25) is 0 Å². The average molecular weight is 265 g/mol. The summed E-state index contributed by atoms with van der Waals surface area (Å²) < 4.78 is 0. The van der Waals surface area contributed by atoms with Crippen molar-refractivity contribution in [3.8, 4) is 0 Å². The molecule has 0 saturated carbocycles. The molecule has 0 saturated heterocycles. The van der Waals surface area contributed by atoms with Crippen LogP contribution in [0.1, 0.15) is 30.6 Å². The maximum absolute atomic E-state index is 12.0. The van der Waals surface area contributed by atoms with Gasteiger partial charge in [0, 0.05) is 31.4 Å². The summed E-state index contributed by atoms with van der Waals surface area (Å²) in [7, 11) is 1.67. The fourth-order valence-corrected chi connectivity index (χ4v) is 1.62. The molecule has 0 aliphatic carbocycles. The van der Waals surface area contributed by atoms with E-state index in [1.807, 2.05) is 0 Å². The average Bonchev–Trinajstić information content (AvgIpc) is 2.37. The van der Waals surface area contributed by atoms with Crippen molar-refractivity contribution in [2.45, 2.75) is 20.3 Å². The predicted octanol–water partition coefficient (Wildman–Crippen LogP) is 2.41. The second-order valence-electron chi connectivity index (χ2n) is 4.68. The quantitative estimate of drug-likeness (QED) is 0.611. The first-order chi connectivity index (χ1) is 8.95. The Morgan fingerprint density at radius 3 is 2.63 bits per heavy atom. The number of hydrogen-bond acceptors (Lipinski definition) is 4. The van der Waals surface area contributed by atoms with Crippen molar-refractivity contribution >= 4 is 17.3 Å². The molecule has 1 aromatic carbocycles. The van der Waals surface area contributed by atoms with Gasteiger partial charge in [-0.1, -0.05) is 13.8 Å². The van der Waals surface area contributed by atoms with E-state index in [0.717, 1.165) is 6.42 Å². The number of carbonyl (C=O) groups excluding carboxylic acids is 1.